The maximum atomic E-state index is 9.36. The molecule has 0 aliphatic carbocycles. The van der Waals surface area contributed by atoms with Crippen molar-refractivity contribution >= 4 is 23.2 Å². The van der Waals surface area contributed by atoms with Gasteiger partial charge in [0.1, 0.15) is 0 Å². The number of rotatable bonds is 4. The summed E-state index contributed by atoms with van der Waals surface area (Å²) < 4.78 is 0. The average Bonchev–Trinajstić information content (AvgIpc) is 2.23. The Labute approximate surface area is 106 Å². The van der Waals surface area contributed by atoms with E-state index >= 15 is 0 Å². The van der Waals surface area contributed by atoms with Crippen LogP contribution in [0, 0.1) is 5.92 Å². The molecule has 0 heterocycles. The molecule has 16 heavy (non-hydrogen) atoms. The van der Waals surface area contributed by atoms with Gasteiger partial charge in [-0.15, -0.1) is 0 Å². The van der Waals surface area contributed by atoms with Crippen molar-refractivity contribution in [3.05, 3.63) is 33.8 Å². The number of hydrogen-bond acceptors (Lipinski definition) is 2. The molecular weight excluding hydrogens is 245 g/mol. The van der Waals surface area contributed by atoms with E-state index in [-0.39, 0.29) is 12.5 Å². The largest absolute Gasteiger partial charge is 0.394 e. The highest BCUT2D eigenvalue weighted by Crippen LogP contribution is 2.26. The molecule has 1 rings (SSSR count). The van der Waals surface area contributed by atoms with Crippen molar-refractivity contribution < 1.29 is 5.11 Å². The number of hydrogen-bond donors (Lipinski definition) is 2. The van der Waals surface area contributed by atoms with Crippen molar-refractivity contribution in [2.45, 2.75) is 25.8 Å². The molecular formula is C12H17Cl2NO. The summed E-state index contributed by atoms with van der Waals surface area (Å²) >= 11 is 11.8. The molecule has 1 atom stereocenters. The highest BCUT2D eigenvalue weighted by molar-refractivity contribution is 6.42. The van der Waals surface area contributed by atoms with E-state index < -0.39 is 5.54 Å². The van der Waals surface area contributed by atoms with Gasteiger partial charge < -0.3 is 10.8 Å². The van der Waals surface area contributed by atoms with Gasteiger partial charge in [-0.25, -0.2) is 0 Å². The lowest BCUT2D eigenvalue weighted by molar-refractivity contribution is 0.154. The van der Waals surface area contributed by atoms with Gasteiger partial charge in [0.05, 0.1) is 16.7 Å². The van der Waals surface area contributed by atoms with Crippen LogP contribution in [0.1, 0.15) is 19.4 Å². The Kier molecular flexibility index (Phi) is 4.62. The number of nitrogens with two attached hydrogens (primary N) is 1. The van der Waals surface area contributed by atoms with Crippen molar-refractivity contribution in [2.24, 2.45) is 11.7 Å². The van der Waals surface area contributed by atoms with Crippen LogP contribution in [-0.4, -0.2) is 17.3 Å². The Morgan fingerprint density at radius 1 is 1.31 bits per heavy atom. The van der Waals surface area contributed by atoms with Crippen molar-refractivity contribution in [1.82, 2.24) is 0 Å². The molecule has 0 amide bonds. The van der Waals surface area contributed by atoms with E-state index in [0.29, 0.717) is 16.5 Å². The fourth-order valence-electron chi connectivity index (χ4n) is 1.47. The van der Waals surface area contributed by atoms with E-state index in [4.69, 9.17) is 28.9 Å². The van der Waals surface area contributed by atoms with Crippen molar-refractivity contribution in [1.29, 1.82) is 0 Å². The van der Waals surface area contributed by atoms with Gasteiger partial charge >= 0.3 is 0 Å². The fraction of sp³-hybridized carbons (Fsp3) is 0.500. The standard InChI is InChI=1S/C12H17Cl2NO/c1-8(2)12(15,7-16)6-9-3-4-10(13)11(14)5-9/h3-5,8,16H,6-7,15H2,1-2H3. The third kappa shape index (κ3) is 3.11. The lowest BCUT2D eigenvalue weighted by Gasteiger charge is -2.31. The summed E-state index contributed by atoms with van der Waals surface area (Å²) in [6.45, 7) is 3.94. The molecule has 90 valence electrons. The topological polar surface area (TPSA) is 46.2 Å². The van der Waals surface area contributed by atoms with Crippen LogP contribution in [0.25, 0.3) is 0 Å². The lowest BCUT2D eigenvalue weighted by Crippen LogP contribution is -2.50. The Balaban J connectivity index is 2.90. The summed E-state index contributed by atoms with van der Waals surface area (Å²) in [4.78, 5) is 0. The van der Waals surface area contributed by atoms with Crippen LogP contribution in [0.5, 0.6) is 0 Å². The van der Waals surface area contributed by atoms with Crippen molar-refractivity contribution in [3.8, 4) is 0 Å². The molecule has 0 fully saturated rings. The third-order valence-corrected chi connectivity index (χ3v) is 3.70. The van der Waals surface area contributed by atoms with Gasteiger partial charge in [-0.2, -0.15) is 0 Å². The highest BCUT2D eigenvalue weighted by atomic mass is 35.5. The minimum atomic E-state index is -0.614. The summed E-state index contributed by atoms with van der Waals surface area (Å²) in [5.74, 6) is 0.187. The Morgan fingerprint density at radius 3 is 2.38 bits per heavy atom. The van der Waals surface area contributed by atoms with E-state index in [1.54, 1.807) is 12.1 Å². The van der Waals surface area contributed by atoms with Crippen molar-refractivity contribution in [3.63, 3.8) is 0 Å². The average molecular weight is 262 g/mol. The molecule has 1 aromatic rings. The summed E-state index contributed by atoms with van der Waals surface area (Å²) in [5, 5.41) is 10.4. The number of aliphatic hydroxyl groups excluding tert-OH is 1. The quantitative estimate of drug-likeness (QED) is 0.876. The van der Waals surface area contributed by atoms with Gasteiger partial charge in [0.15, 0.2) is 0 Å². The fourth-order valence-corrected chi connectivity index (χ4v) is 1.79. The lowest BCUT2D eigenvalue weighted by atomic mass is 9.82. The monoisotopic (exact) mass is 261 g/mol. The predicted molar refractivity (Wildman–Crippen MR) is 69.0 cm³/mol. The van der Waals surface area contributed by atoms with Crippen LogP contribution >= 0.6 is 23.2 Å². The number of halogens is 2. The third-order valence-electron chi connectivity index (χ3n) is 2.96. The zero-order chi connectivity index (χ0) is 12.3. The normalized spacial score (nSPS) is 15.2. The molecule has 3 N–H and O–H groups in total. The number of aliphatic hydroxyl groups is 1. The van der Waals surface area contributed by atoms with E-state index in [9.17, 15) is 5.11 Å². The second-order valence-corrected chi connectivity index (χ2v) is 5.29. The van der Waals surface area contributed by atoms with E-state index in [0.717, 1.165) is 5.56 Å². The first kappa shape index (κ1) is 13.8. The smallest absolute Gasteiger partial charge is 0.0617 e. The maximum Gasteiger partial charge on any atom is 0.0617 e. The molecule has 0 bridgehead atoms. The molecule has 0 saturated heterocycles. The first-order chi connectivity index (χ1) is 7.39. The second kappa shape index (κ2) is 5.37. The van der Waals surface area contributed by atoms with Crippen LogP contribution in [0.15, 0.2) is 18.2 Å². The molecule has 1 unspecified atom stereocenters. The van der Waals surface area contributed by atoms with Gasteiger partial charge in [0.25, 0.3) is 0 Å². The molecule has 0 radical (unpaired) electrons. The van der Waals surface area contributed by atoms with Crippen LogP contribution in [0.2, 0.25) is 10.0 Å². The maximum absolute atomic E-state index is 9.36. The summed E-state index contributed by atoms with van der Waals surface area (Å²) in [7, 11) is 0. The van der Waals surface area contributed by atoms with Crippen LogP contribution in [-0.2, 0) is 6.42 Å². The Bertz CT molecular complexity index is 368. The molecule has 1 aromatic carbocycles. The summed E-state index contributed by atoms with van der Waals surface area (Å²) in [5.41, 5.74) is 6.51. The molecule has 0 aliphatic heterocycles. The summed E-state index contributed by atoms with van der Waals surface area (Å²) in [6, 6.07) is 5.43. The summed E-state index contributed by atoms with van der Waals surface area (Å²) in [6.07, 6.45) is 0.581. The van der Waals surface area contributed by atoms with Gasteiger partial charge in [0, 0.05) is 5.54 Å². The molecule has 0 aromatic heterocycles. The van der Waals surface area contributed by atoms with Gasteiger partial charge in [-0.05, 0) is 30.0 Å². The minimum absolute atomic E-state index is 0.0507. The first-order valence-corrected chi connectivity index (χ1v) is 5.98. The van der Waals surface area contributed by atoms with E-state index in [1.165, 1.54) is 0 Å². The molecule has 0 aliphatic rings. The molecule has 0 saturated carbocycles. The van der Waals surface area contributed by atoms with Crippen LogP contribution < -0.4 is 5.73 Å². The van der Waals surface area contributed by atoms with E-state index in [1.807, 2.05) is 19.9 Å². The number of benzene rings is 1. The van der Waals surface area contributed by atoms with Crippen LogP contribution in [0.3, 0.4) is 0 Å². The molecule has 2 nitrogen and oxygen atoms in total. The zero-order valence-corrected chi connectivity index (χ0v) is 11.0. The Morgan fingerprint density at radius 2 is 1.94 bits per heavy atom. The van der Waals surface area contributed by atoms with Crippen LogP contribution in [0.4, 0.5) is 0 Å². The van der Waals surface area contributed by atoms with Gasteiger partial charge in [0.2, 0.25) is 0 Å². The minimum Gasteiger partial charge on any atom is -0.394 e. The van der Waals surface area contributed by atoms with Crippen molar-refractivity contribution in [2.75, 3.05) is 6.61 Å². The molecule has 0 spiro atoms. The molecule has 4 heteroatoms. The Hall–Kier alpha value is -0.280. The van der Waals surface area contributed by atoms with Gasteiger partial charge in [-0.1, -0.05) is 43.1 Å². The second-order valence-electron chi connectivity index (χ2n) is 4.47. The zero-order valence-electron chi connectivity index (χ0n) is 9.50. The SMILES string of the molecule is CC(C)C(N)(CO)Cc1ccc(Cl)c(Cl)c1. The first-order valence-electron chi connectivity index (χ1n) is 5.22. The van der Waals surface area contributed by atoms with E-state index in [2.05, 4.69) is 0 Å². The van der Waals surface area contributed by atoms with Gasteiger partial charge in [-0.3, -0.25) is 0 Å². The predicted octanol–water partition coefficient (Wildman–Crippen LogP) is 2.88. The highest BCUT2D eigenvalue weighted by Gasteiger charge is 2.28.